The Morgan fingerprint density at radius 2 is 1.35 bits per heavy atom. The van der Waals surface area contributed by atoms with Gasteiger partial charge < -0.3 is 19.7 Å². The monoisotopic (exact) mass is 290 g/mol. The molecule has 20 heavy (non-hydrogen) atoms. The fourth-order valence-electron chi connectivity index (χ4n) is 1.58. The molecule has 0 amide bonds. The van der Waals surface area contributed by atoms with Gasteiger partial charge in [-0.25, -0.2) is 0 Å². The van der Waals surface area contributed by atoms with E-state index in [2.05, 4.69) is 6.92 Å². The Hall–Kier alpha value is -1.14. The zero-order chi connectivity index (χ0) is 15.2. The normalized spacial score (nSPS) is 19.4. The molecule has 1 aliphatic heterocycles. The lowest BCUT2D eigenvalue weighted by Gasteiger charge is -2.11. The van der Waals surface area contributed by atoms with Gasteiger partial charge in [-0.05, 0) is 31.6 Å². The van der Waals surface area contributed by atoms with Crippen molar-refractivity contribution in [3.63, 3.8) is 0 Å². The molecule has 0 atom stereocenters. The second-order valence-corrected chi connectivity index (χ2v) is 4.78. The first-order valence-corrected chi connectivity index (χ1v) is 7.13. The van der Waals surface area contributed by atoms with Gasteiger partial charge in [0.2, 0.25) is 0 Å². The van der Waals surface area contributed by atoms with Gasteiger partial charge in [-0.3, -0.25) is 9.59 Å². The van der Waals surface area contributed by atoms with E-state index in [1.165, 1.54) is 0 Å². The Kier molecular flexibility index (Phi) is 12.1. The number of hydrogen-bond donors (Lipinski definition) is 2. The molecule has 1 fully saturated rings. The van der Waals surface area contributed by atoms with Crippen LogP contribution in [0.1, 0.15) is 45.4 Å². The van der Waals surface area contributed by atoms with Crippen LogP contribution in [0, 0.1) is 5.92 Å². The van der Waals surface area contributed by atoms with Crippen LogP contribution in [0.25, 0.3) is 0 Å². The predicted octanol–water partition coefficient (Wildman–Crippen LogP) is 1.03. The Balaban J connectivity index is 0.000000796. The first-order chi connectivity index (χ1) is 9.60. The summed E-state index contributed by atoms with van der Waals surface area (Å²) in [5.74, 6) is 0.112. The Labute approximate surface area is 120 Å². The third-order valence-electron chi connectivity index (χ3n) is 2.86. The van der Waals surface area contributed by atoms with E-state index in [0.717, 1.165) is 12.8 Å². The maximum absolute atomic E-state index is 11.2. The van der Waals surface area contributed by atoms with Crippen LogP contribution in [0.15, 0.2) is 0 Å². The van der Waals surface area contributed by atoms with Gasteiger partial charge in [0, 0.05) is 12.8 Å². The van der Waals surface area contributed by atoms with E-state index in [4.69, 9.17) is 19.7 Å². The van der Waals surface area contributed by atoms with Crippen molar-refractivity contribution >= 4 is 11.9 Å². The second-order valence-electron chi connectivity index (χ2n) is 4.78. The van der Waals surface area contributed by atoms with E-state index in [0.29, 0.717) is 44.8 Å². The number of ether oxygens (including phenoxy) is 2. The molecule has 6 nitrogen and oxygen atoms in total. The van der Waals surface area contributed by atoms with Crippen LogP contribution in [0.3, 0.4) is 0 Å². The third-order valence-corrected chi connectivity index (χ3v) is 2.86. The molecule has 6 heteroatoms. The highest BCUT2D eigenvalue weighted by Gasteiger charge is 2.10. The minimum atomic E-state index is -0.153. The topological polar surface area (TPSA) is 93.1 Å². The summed E-state index contributed by atoms with van der Waals surface area (Å²) in [6.45, 7) is 2.78. The number of carbonyl (C=O) groups excluding carboxylic acids is 2. The number of cyclic esters (lactones) is 2. The molecule has 0 unspecified atom stereocenters. The first kappa shape index (κ1) is 18.9. The van der Waals surface area contributed by atoms with Crippen molar-refractivity contribution in [2.45, 2.75) is 45.4 Å². The van der Waals surface area contributed by atoms with Crippen LogP contribution >= 0.6 is 0 Å². The van der Waals surface area contributed by atoms with E-state index in [1.54, 1.807) is 0 Å². The molecule has 118 valence electrons. The number of esters is 2. The fourth-order valence-corrected chi connectivity index (χ4v) is 1.58. The Morgan fingerprint density at radius 1 is 0.950 bits per heavy atom. The summed E-state index contributed by atoms with van der Waals surface area (Å²) in [7, 11) is 0. The highest BCUT2D eigenvalue weighted by molar-refractivity contribution is 5.70. The largest absolute Gasteiger partial charge is 0.466 e. The van der Waals surface area contributed by atoms with Crippen molar-refractivity contribution in [3.8, 4) is 0 Å². The molecular weight excluding hydrogens is 264 g/mol. The van der Waals surface area contributed by atoms with Crippen LogP contribution in [-0.2, 0) is 19.1 Å². The summed E-state index contributed by atoms with van der Waals surface area (Å²) in [5.41, 5.74) is 0. The van der Waals surface area contributed by atoms with Crippen LogP contribution < -0.4 is 0 Å². The standard InChI is InChI=1S/C12H20O4.C2H6O2/c1-10-6-8-15-11(13)4-2-3-5-12(14)16-9-7-10;3-1-2-4/h10H,2-9H2,1H3;3-4H,1-2H2. The summed E-state index contributed by atoms with van der Waals surface area (Å²) < 4.78 is 10.2. The molecule has 0 aromatic rings. The van der Waals surface area contributed by atoms with E-state index < -0.39 is 0 Å². The average molecular weight is 290 g/mol. The Bertz CT molecular complexity index is 240. The molecule has 2 N–H and O–H groups in total. The highest BCUT2D eigenvalue weighted by atomic mass is 16.5. The first-order valence-electron chi connectivity index (χ1n) is 7.13. The number of aliphatic hydroxyl groups excluding tert-OH is 2. The molecule has 0 bridgehead atoms. The molecule has 0 spiro atoms. The SMILES string of the molecule is CC1CCOC(=O)CCCCC(=O)OCC1.OCCO. The summed E-state index contributed by atoms with van der Waals surface area (Å²) in [6, 6.07) is 0. The van der Waals surface area contributed by atoms with Gasteiger partial charge in [-0.15, -0.1) is 0 Å². The van der Waals surface area contributed by atoms with Crippen molar-refractivity contribution in [1.82, 2.24) is 0 Å². The predicted molar refractivity (Wildman–Crippen MR) is 73.0 cm³/mol. The van der Waals surface area contributed by atoms with E-state index in [1.807, 2.05) is 0 Å². The summed E-state index contributed by atoms with van der Waals surface area (Å²) in [6.07, 6.45) is 3.88. The summed E-state index contributed by atoms with van der Waals surface area (Å²) >= 11 is 0. The zero-order valence-electron chi connectivity index (χ0n) is 12.2. The third kappa shape index (κ3) is 11.9. The molecule has 1 heterocycles. The van der Waals surface area contributed by atoms with Gasteiger partial charge in [0.15, 0.2) is 0 Å². The molecule has 1 rings (SSSR count). The molecule has 0 aliphatic carbocycles. The van der Waals surface area contributed by atoms with Crippen LogP contribution in [0.2, 0.25) is 0 Å². The minimum absolute atomic E-state index is 0.125. The van der Waals surface area contributed by atoms with Gasteiger partial charge in [0.05, 0.1) is 26.4 Å². The maximum Gasteiger partial charge on any atom is 0.305 e. The van der Waals surface area contributed by atoms with Gasteiger partial charge in [0.1, 0.15) is 0 Å². The summed E-state index contributed by atoms with van der Waals surface area (Å²) in [4.78, 5) is 22.5. The van der Waals surface area contributed by atoms with Crippen molar-refractivity contribution in [2.75, 3.05) is 26.4 Å². The molecular formula is C14H26O6. The lowest BCUT2D eigenvalue weighted by Crippen LogP contribution is -2.10. The van der Waals surface area contributed by atoms with Crippen LogP contribution in [0.5, 0.6) is 0 Å². The van der Waals surface area contributed by atoms with Crippen molar-refractivity contribution in [1.29, 1.82) is 0 Å². The van der Waals surface area contributed by atoms with Crippen molar-refractivity contribution in [3.05, 3.63) is 0 Å². The number of rotatable bonds is 1. The average Bonchev–Trinajstić information content (AvgIpc) is 2.44. The van der Waals surface area contributed by atoms with Gasteiger partial charge in [0.25, 0.3) is 0 Å². The van der Waals surface area contributed by atoms with E-state index in [9.17, 15) is 9.59 Å². The molecule has 0 saturated carbocycles. The van der Waals surface area contributed by atoms with E-state index in [-0.39, 0.29) is 25.2 Å². The maximum atomic E-state index is 11.2. The van der Waals surface area contributed by atoms with Crippen LogP contribution in [0.4, 0.5) is 0 Å². The smallest absolute Gasteiger partial charge is 0.305 e. The quantitative estimate of drug-likeness (QED) is 0.701. The number of carbonyl (C=O) groups is 2. The Morgan fingerprint density at radius 3 is 1.70 bits per heavy atom. The van der Waals surface area contributed by atoms with E-state index >= 15 is 0 Å². The highest BCUT2D eigenvalue weighted by Crippen LogP contribution is 2.10. The van der Waals surface area contributed by atoms with Crippen molar-refractivity contribution in [2.24, 2.45) is 5.92 Å². The fraction of sp³-hybridized carbons (Fsp3) is 0.857. The zero-order valence-corrected chi connectivity index (χ0v) is 12.2. The molecule has 0 aromatic heterocycles. The van der Waals surface area contributed by atoms with Gasteiger partial charge in [-0.1, -0.05) is 6.92 Å². The summed E-state index contributed by atoms with van der Waals surface area (Å²) in [5, 5.41) is 15.2. The van der Waals surface area contributed by atoms with Crippen LogP contribution in [-0.4, -0.2) is 48.6 Å². The van der Waals surface area contributed by atoms with Gasteiger partial charge >= 0.3 is 11.9 Å². The number of aliphatic hydroxyl groups is 2. The molecule has 0 aromatic carbocycles. The van der Waals surface area contributed by atoms with Crippen molar-refractivity contribution < 1.29 is 29.3 Å². The lowest BCUT2D eigenvalue weighted by molar-refractivity contribution is -0.145. The van der Waals surface area contributed by atoms with Gasteiger partial charge in [-0.2, -0.15) is 0 Å². The lowest BCUT2D eigenvalue weighted by atomic mass is 10.1. The second kappa shape index (κ2) is 12.9. The molecule has 1 saturated heterocycles. The number of hydrogen-bond acceptors (Lipinski definition) is 6. The molecule has 1 aliphatic rings. The minimum Gasteiger partial charge on any atom is -0.466 e. The molecule has 0 radical (unpaired) electrons.